The van der Waals surface area contributed by atoms with Crippen LogP contribution < -0.4 is 20.3 Å². The molecule has 4 aromatic heterocycles. The SMILES string of the molecule is COc1cc2nn(C3CCC(CN4CCC(n5c(C)cc6c(N7CCC(=O)NC7=O)cccc65)CC4)CC3)cc2cc1C(=O)Nc1cnc2cccnn12. The van der Waals surface area contributed by atoms with E-state index in [1.807, 2.05) is 30.3 Å². The molecule has 4 amide bonds. The van der Waals surface area contributed by atoms with E-state index in [1.54, 1.807) is 35.0 Å². The average molecular weight is 729 g/mol. The van der Waals surface area contributed by atoms with Crippen LogP contribution in [-0.4, -0.2) is 85.0 Å². The number of urea groups is 1. The van der Waals surface area contributed by atoms with Crippen molar-refractivity contribution in [3.05, 3.63) is 78.4 Å². The lowest BCUT2D eigenvalue weighted by Crippen LogP contribution is -2.49. The lowest BCUT2D eigenvalue weighted by Gasteiger charge is -2.37. The number of amides is 4. The van der Waals surface area contributed by atoms with Gasteiger partial charge in [0.25, 0.3) is 5.91 Å². The van der Waals surface area contributed by atoms with Gasteiger partial charge in [0.15, 0.2) is 11.5 Å². The molecule has 2 N–H and O–H groups in total. The molecule has 3 aliphatic rings. The van der Waals surface area contributed by atoms with Gasteiger partial charge in [-0.25, -0.2) is 9.78 Å². The zero-order chi connectivity index (χ0) is 36.9. The first-order valence-electron chi connectivity index (χ1n) is 18.9. The van der Waals surface area contributed by atoms with Gasteiger partial charge in [0, 0.05) is 73.6 Å². The highest BCUT2D eigenvalue weighted by molar-refractivity contribution is 6.10. The van der Waals surface area contributed by atoms with E-state index in [0.29, 0.717) is 53.7 Å². The molecule has 2 saturated heterocycles. The van der Waals surface area contributed by atoms with Gasteiger partial charge in [-0.2, -0.15) is 14.7 Å². The quantitative estimate of drug-likeness (QED) is 0.191. The van der Waals surface area contributed by atoms with Crippen molar-refractivity contribution in [2.24, 2.45) is 5.92 Å². The van der Waals surface area contributed by atoms with Gasteiger partial charge in [0.1, 0.15) is 5.75 Å². The molecule has 2 aliphatic heterocycles. The summed E-state index contributed by atoms with van der Waals surface area (Å²) in [5.74, 6) is 1.09. The second-order valence-electron chi connectivity index (χ2n) is 14.9. The van der Waals surface area contributed by atoms with Crippen LogP contribution in [0.3, 0.4) is 0 Å². The van der Waals surface area contributed by atoms with E-state index < -0.39 is 0 Å². The van der Waals surface area contributed by atoms with Crippen LogP contribution in [0.25, 0.3) is 27.5 Å². The molecule has 0 bridgehead atoms. The molecule has 2 aromatic carbocycles. The van der Waals surface area contributed by atoms with Gasteiger partial charge < -0.3 is 19.5 Å². The molecule has 0 atom stereocenters. The van der Waals surface area contributed by atoms with Crippen LogP contribution in [0, 0.1) is 12.8 Å². The van der Waals surface area contributed by atoms with Crippen molar-refractivity contribution in [3.8, 4) is 5.75 Å². The third kappa shape index (κ3) is 6.23. The molecule has 0 spiro atoms. The topological polar surface area (TPSA) is 144 Å². The fourth-order valence-corrected chi connectivity index (χ4v) is 8.90. The molecule has 54 heavy (non-hydrogen) atoms. The number of hydrogen-bond acceptors (Lipinski definition) is 8. The number of fused-ring (bicyclic) bond motifs is 3. The van der Waals surface area contributed by atoms with Gasteiger partial charge in [-0.15, -0.1) is 0 Å². The maximum absolute atomic E-state index is 13.4. The summed E-state index contributed by atoms with van der Waals surface area (Å²) in [6.45, 7) is 5.81. The lowest BCUT2D eigenvalue weighted by atomic mass is 9.85. The number of imidazole rings is 1. The molecule has 9 rings (SSSR count). The monoisotopic (exact) mass is 728 g/mol. The van der Waals surface area contributed by atoms with Crippen molar-refractivity contribution in [1.82, 2.24) is 39.2 Å². The molecule has 1 saturated carbocycles. The molecule has 14 nitrogen and oxygen atoms in total. The molecule has 0 radical (unpaired) electrons. The fourth-order valence-electron chi connectivity index (χ4n) is 8.90. The van der Waals surface area contributed by atoms with E-state index in [-0.39, 0.29) is 17.8 Å². The minimum Gasteiger partial charge on any atom is -0.496 e. The van der Waals surface area contributed by atoms with Crippen LogP contribution in [0.4, 0.5) is 16.3 Å². The van der Waals surface area contributed by atoms with Crippen LogP contribution in [0.5, 0.6) is 5.75 Å². The van der Waals surface area contributed by atoms with E-state index >= 15 is 0 Å². The molecule has 6 heterocycles. The van der Waals surface area contributed by atoms with Crippen LogP contribution in [0.1, 0.15) is 73.1 Å². The van der Waals surface area contributed by atoms with Crippen molar-refractivity contribution in [2.75, 3.05) is 43.5 Å². The highest BCUT2D eigenvalue weighted by atomic mass is 16.5. The molecule has 14 heteroatoms. The Labute approximate surface area is 312 Å². The predicted octanol–water partition coefficient (Wildman–Crippen LogP) is 6.12. The Balaban J connectivity index is 0.812. The number of carbonyl (C=O) groups excluding carboxylic acids is 3. The number of imide groups is 1. The number of nitrogens with one attached hydrogen (secondary N) is 2. The summed E-state index contributed by atoms with van der Waals surface area (Å²) < 4.78 is 11.8. The number of ether oxygens (including phenoxy) is 1. The number of anilines is 2. The van der Waals surface area contributed by atoms with E-state index in [4.69, 9.17) is 9.84 Å². The summed E-state index contributed by atoms with van der Waals surface area (Å²) in [6.07, 6.45) is 12.2. The number of nitrogens with zero attached hydrogens (tertiary/aromatic N) is 8. The van der Waals surface area contributed by atoms with Gasteiger partial charge in [0.2, 0.25) is 5.91 Å². The minimum atomic E-state index is -0.347. The Morgan fingerprint density at radius 3 is 2.61 bits per heavy atom. The maximum Gasteiger partial charge on any atom is 0.328 e. The first kappa shape index (κ1) is 34.0. The number of hydrogen-bond donors (Lipinski definition) is 2. The Bertz CT molecular complexity index is 2400. The highest BCUT2D eigenvalue weighted by Crippen LogP contribution is 2.38. The number of likely N-dealkylation sites (tertiary alicyclic amines) is 1. The molecular formula is C40H44N10O4. The summed E-state index contributed by atoms with van der Waals surface area (Å²) in [6, 6.07) is 16.0. The summed E-state index contributed by atoms with van der Waals surface area (Å²) in [4.78, 5) is 46.5. The van der Waals surface area contributed by atoms with E-state index in [0.717, 1.165) is 85.7 Å². The fraction of sp³-hybridized carbons (Fsp3) is 0.400. The summed E-state index contributed by atoms with van der Waals surface area (Å²) >= 11 is 0. The van der Waals surface area contributed by atoms with Crippen molar-refractivity contribution < 1.29 is 19.1 Å². The van der Waals surface area contributed by atoms with Crippen molar-refractivity contribution in [3.63, 3.8) is 0 Å². The second kappa shape index (κ2) is 13.9. The zero-order valence-corrected chi connectivity index (χ0v) is 30.6. The van der Waals surface area contributed by atoms with Gasteiger partial charge in [-0.05, 0) is 87.8 Å². The number of methoxy groups -OCH3 is 1. The largest absolute Gasteiger partial charge is 0.496 e. The lowest BCUT2D eigenvalue weighted by molar-refractivity contribution is -0.120. The number of benzene rings is 2. The molecule has 278 valence electrons. The number of rotatable bonds is 8. The summed E-state index contributed by atoms with van der Waals surface area (Å²) in [5, 5.41) is 16.6. The minimum absolute atomic E-state index is 0.220. The summed E-state index contributed by atoms with van der Waals surface area (Å²) in [7, 11) is 1.57. The van der Waals surface area contributed by atoms with Crippen molar-refractivity contribution >= 4 is 56.8 Å². The zero-order valence-electron chi connectivity index (χ0n) is 30.6. The molecule has 3 fully saturated rings. The Morgan fingerprint density at radius 1 is 0.981 bits per heavy atom. The van der Waals surface area contributed by atoms with Gasteiger partial charge in [-0.3, -0.25) is 24.5 Å². The number of aromatic nitrogens is 6. The highest BCUT2D eigenvalue weighted by Gasteiger charge is 2.30. The maximum atomic E-state index is 13.4. The first-order valence-corrected chi connectivity index (χ1v) is 18.9. The van der Waals surface area contributed by atoms with Crippen molar-refractivity contribution in [2.45, 2.75) is 64.0 Å². The first-order chi connectivity index (χ1) is 26.3. The molecule has 6 aromatic rings. The standard InChI is InChI=1S/C40H44N10O4/c1-25-19-30-33(47-18-14-38(51)44-40(47)53)5-3-6-34(30)49(25)29-12-16-46(17-13-29)23-26-8-10-28(11-9-26)48-24-27-20-31(35(54-2)21-32(27)45-48)39(52)43-37-22-41-36-7-4-15-42-50(36)37/h3-7,15,19-22,24,26,28-29H,8-14,16-18,23H2,1-2H3,(H,43,52)(H,44,51,53). The molecule has 0 unspecified atom stereocenters. The predicted molar refractivity (Wildman–Crippen MR) is 205 cm³/mol. The Hall–Kier alpha value is -5.76. The van der Waals surface area contributed by atoms with Gasteiger partial charge >= 0.3 is 6.03 Å². The third-order valence-corrected chi connectivity index (χ3v) is 11.6. The van der Waals surface area contributed by atoms with Gasteiger partial charge in [0.05, 0.1) is 41.6 Å². The normalized spacial score (nSPS) is 20.2. The second-order valence-corrected chi connectivity index (χ2v) is 14.9. The van der Waals surface area contributed by atoms with Crippen LogP contribution in [0.2, 0.25) is 0 Å². The van der Waals surface area contributed by atoms with Gasteiger partial charge in [-0.1, -0.05) is 6.07 Å². The van der Waals surface area contributed by atoms with E-state index in [1.165, 1.54) is 5.69 Å². The number of aryl methyl sites for hydroxylation is 1. The van der Waals surface area contributed by atoms with E-state index in [9.17, 15) is 14.4 Å². The van der Waals surface area contributed by atoms with Crippen LogP contribution in [-0.2, 0) is 4.79 Å². The molecular weight excluding hydrogens is 685 g/mol. The molecule has 1 aliphatic carbocycles. The number of piperidine rings is 1. The Morgan fingerprint density at radius 2 is 1.81 bits per heavy atom. The van der Waals surface area contributed by atoms with E-state index in [2.05, 4.69) is 60.1 Å². The average Bonchev–Trinajstić information content (AvgIpc) is 3.89. The van der Waals surface area contributed by atoms with Crippen LogP contribution in [0.15, 0.2) is 67.1 Å². The third-order valence-electron chi connectivity index (χ3n) is 11.6. The smallest absolute Gasteiger partial charge is 0.328 e. The van der Waals surface area contributed by atoms with Crippen LogP contribution >= 0.6 is 0 Å². The van der Waals surface area contributed by atoms with Crippen molar-refractivity contribution in [1.29, 1.82) is 0 Å². The summed E-state index contributed by atoms with van der Waals surface area (Å²) in [5.41, 5.74) is 5.10. The Kier molecular flexibility index (Phi) is 8.76. The number of carbonyl (C=O) groups is 3.